The Labute approximate surface area is 341 Å². The molecule has 4 heterocycles. The number of nitrogens with zero attached hydrogens (tertiary/aromatic N) is 3. The molecule has 0 spiro atoms. The van der Waals surface area contributed by atoms with Crippen LogP contribution in [0.3, 0.4) is 0 Å². The molecule has 1 atom stereocenters. The fraction of sp³-hybridized carbons (Fsp3) is 0.375. The lowest BCUT2D eigenvalue weighted by Crippen LogP contribution is -2.54. The van der Waals surface area contributed by atoms with Crippen LogP contribution in [0.25, 0.3) is 0 Å². The van der Waals surface area contributed by atoms with Crippen LogP contribution in [-0.4, -0.2) is 70.9 Å². The van der Waals surface area contributed by atoms with Crippen molar-refractivity contribution < 1.29 is 28.5 Å². The van der Waals surface area contributed by atoms with E-state index in [1.807, 2.05) is 6.07 Å². The number of allylic oxidation sites excluding steroid dienone is 6. The van der Waals surface area contributed by atoms with Crippen molar-refractivity contribution in [1.29, 1.82) is 0 Å². The minimum Gasteiger partial charge on any atom is -0.356 e. The van der Waals surface area contributed by atoms with Crippen molar-refractivity contribution >= 4 is 46.6 Å². The number of hydrogen-bond acceptors (Lipinski definition) is 6. The lowest BCUT2D eigenvalue weighted by molar-refractivity contribution is -0.401. The van der Waals surface area contributed by atoms with E-state index >= 15 is 0 Å². The van der Waals surface area contributed by atoms with Gasteiger partial charge in [-0.1, -0.05) is 81.0 Å². The van der Waals surface area contributed by atoms with Gasteiger partial charge in [-0.15, -0.1) is 0 Å². The summed E-state index contributed by atoms with van der Waals surface area (Å²) in [6.45, 7) is 10.5. The second kappa shape index (κ2) is 16.5. The van der Waals surface area contributed by atoms with Crippen LogP contribution in [0.5, 0.6) is 0 Å². The average molecular weight is 781 g/mol. The van der Waals surface area contributed by atoms with Crippen LogP contribution in [0.15, 0.2) is 103 Å². The highest BCUT2D eigenvalue weighted by atomic mass is 16.2. The molecular formula is C48H54N5O5+. The molecule has 3 aromatic rings. The smallest absolute Gasteiger partial charge is 0.262 e. The number of carbonyl (C=O) groups is 5. The van der Waals surface area contributed by atoms with Crippen LogP contribution in [0.2, 0.25) is 0 Å². The number of fused-ring (bicyclic) bond motifs is 3. The van der Waals surface area contributed by atoms with E-state index in [4.69, 9.17) is 0 Å². The second-order valence-corrected chi connectivity index (χ2v) is 16.8. The van der Waals surface area contributed by atoms with Gasteiger partial charge in [0.05, 0.1) is 16.5 Å². The number of nitrogens with one attached hydrogen (secondary N) is 2. The largest absolute Gasteiger partial charge is 0.356 e. The highest BCUT2D eigenvalue weighted by Crippen LogP contribution is 2.47. The fourth-order valence-electron chi connectivity index (χ4n) is 9.06. The van der Waals surface area contributed by atoms with Crippen LogP contribution >= 0.6 is 0 Å². The fourth-order valence-corrected chi connectivity index (χ4v) is 9.06. The molecule has 58 heavy (non-hydrogen) atoms. The normalized spacial score (nSPS) is 20.1. The maximum atomic E-state index is 13.2. The molecule has 10 heteroatoms. The maximum absolute atomic E-state index is 13.2. The van der Waals surface area contributed by atoms with Crippen LogP contribution in [0, 0.1) is 0 Å². The van der Waals surface area contributed by atoms with E-state index in [0.717, 1.165) is 36.3 Å². The molecule has 4 aliphatic heterocycles. The van der Waals surface area contributed by atoms with Gasteiger partial charge in [-0.25, -0.2) is 0 Å². The van der Waals surface area contributed by atoms with Gasteiger partial charge in [-0.3, -0.25) is 34.2 Å². The molecule has 3 aromatic carbocycles. The number of piperidine rings is 1. The van der Waals surface area contributed by atoms with Crippen molar-refractivity contribution in [2.45, 2.75) is 95.9 Å². The number of carbonyl (C=O) groups excluding carboxylic acids is 5. The van der Waals surface area contributed by atoms with Crippen LogP contribution in [-0.2, 0) is 31.6 Å². The molecular weight excluding hydrogens is 727 g/mol. The number of imide groups is 2. The van der Waals surface area contributed by atoms with Gasteiger partial charge in [0.15, 0.2) is 5.71 Å². The summed E-state index contributed by atoms with van der Waals surface area (Å²) in [5.74, 6) is -2.04. The van der Waals surface area contributed by atoms with Gasteiger partial charge in [0.1, 0.15) is 13.1 Å². The first kappa shape index (κ1) is 40.3. The second-order valence-electron chi connectivity index (χ2n) is 16.8. The Hall–Kier alpha value is -5.90. The molecule has 0 saturated carbocycles. The number of para-hydroxylation sites is 2. The summed E-state index contributed by atoms with van der Waals surface area (Å²) in [6.07, 6.45) is 15.5. The van der Waals surface area contributed by atoms with Gasteiger partial charge < -0.3 is 10.2 Å². The van der Waals surface area contributed by atoms with Crippen LogP contribution in [0.1, 0.15) is 110 Å². The third-order valence-corrected chi connectivity index (χ3v) is 12.2. The lowest BCUT2D eigenvalue weighted by Gasteiger charge is -2.27. The molecule has 1 unspecified atom stereocenters. The Kier molecular flexibility index (Phi) is 11.5. The molecule has 1 saturated heterocycles. The lowest BCUT2D eigenvalue weighted by atomic mass is 9.81. The minimum absolute atomic E-state index is 0.0234. The molecule has 4 aliphatic rings. The quantitative estimate of drug-likeness (QED) is 0.0774. The Morgan fingerprint density at radius 2 is 1.59 bits per heavy atom. The summed E-state index contributed by atoms with van der Waals surface area (Å²) >= 11 is 0. The van der Waals surface area contributed by atoms with Gasteiger partial charge >= 0.3 is 0 Å². The summed E-state index contributed by atoms with van der Waals surface area (Å²) in [7, 11) is 2.14. The van der Waals surface area contributed by atoms with Crippen molar-refractivity contribution in [2.24, 2.45) is 0 Å². The molecule has 0 aliphatic carbocycles. The van der Waals surface area contributed by atoms with Gasteiger partial charge in [-0.2, -0.15) is 4.58 Å². The maximum Gasteiger partial charge on any atom is 0.262 e. The van der Waals surface area contributed by atoms with E-state index in [1.54, 1.807) is 12.1 Å². The summed E-state index contributed by atoms with van der Waals surface area (Å²) in [4.78, 5) is 66.2. The summed E-state index contributed by atoms with van der Waals surface area (Å²) in [5.41, 5.74) is 8.90. The standard InChI is InChI=1S/C48H53N5O5/c1-47(2)35-18-11-13-20-37(35)51(5)40(47)22-8-6-9-23-41-48(3,4)36-19-12-14-21-38(36)52(41)30-15-7-10-24-42(54)49-29-16-17-32-25-26-33-34(31-32)46(58)53(45(33)57)39-27-28-43(55)50-44(39)56/h6,8-9,11-14,18-23,25-26,31,39H,7,10,15-17,24,27-30H2,1-5H3,(H-,49,50,54,55,56)/p+1. The first-order valence-electron chi connectivity index (χ1n) is 20.5. The molecule has 0 radical (unpaired) electrons. The zero-order valence-electron chi connectivity index (χ0n) is 34.3. The number of rotatable bonds is 14. The van der Waals surface area contributed by atoms with Crippen molar-refractivity contribution in [3.63, 3.8) is 0 Å². The Balaban J connectivity index is 0.868. The molecule has 2 N–H and O–H groups in total. The summed E-state index contributed by atoms with van der Waals surface area (Å²) in [5, 5.41) is 5.25. The molecule has 0 bridgehead atoms. The predicted molar refractivity (Wildman–Crippen MR) is 226 cm³/mol. The SMILES string of the molecule is C[N+]1=C(/C=C/C=C/C=C2/N(CCCCCC(=O)NCCCc3ccc4c(c3)C(=O)N(C3CCC(=O)NC3=O)C4=O)c3ccccc3C2(C)C)C(C)(C)c2ccccc21. The number of anilines is 1. The molecule has 300 valence electrons. The summed E-state index contributed by atoms with van der Waals surface area (Å²) in [6, 6.07) is 21.4. The van der Waals surface area contributed by atoms with Crippen molar-refractivity contribution in [2.75, 3.05) is 25.0 Å². The average Bonchev–Trinajstić information content (AvgIpc) is 3.66. The van der Waals surface area contributed by atoms with E-state index < -0.39 is 29.7 Å². The number of unbranched alkanes of at least 4 members (excludes halogenated alkanes) is 2. The van der Waals surface area contributed by atoms with Crippen molar-refractivity contribution in [1.82, 2.24) is 15.5 Å². The number of hydrogen-bond donors (Lipinski definition) is 2. The molecule has 5 amide bonds. The zero-order chi connectivity index (χ0) is 41.2. The van der Waals surface area contributed by atoms with Crippen molar-refractivity contribution in [3.8, 4) is 0 Å². The Morgan fingerprint density at radius 3 is 2.36 bits per heavy atom. The van der Waals surface area contributed by atoms with E-state index in [0.29, 0.717) is 25.8 Å². The number of amides is 5. The van der Waals surface area contributed by atoms with Gasteiger partial charge in [0.25, 0.3) is 11.8 Å². The van der Waals surface area contributed by atoms with E-state index in [9.17, 15) is 24.0 Å². The number of aryl methyl sites for hydroxylation is 1. The minimum atomic E-state index is -0.987. The highest BCUT2D eigenvalue weighted by molar-refractivity contribution is 6.23. The molecule has 1 fully saturated rings. The first-order valence-corrected chi connectivity index (χ1v) is 20.5. The van der Waals surface area contributed by atoms with Crippen molar-refractivity contribution in [3.05, 3.63) is 131 Å². The molecule has 0 aromatic heterocycles. The highest BCUT2D eigenvalue weighted by Gasteiger charge is 2.45. The van der Waals surface area contributed by atoms with Gasteiger partial charge in [-0.05, 0) is 81.4 Å². The molecule has 7 rings (SSSR count). The van der Waals surface area contributed by atoms with Crippen LogP contribution < -0.4 is 15.5 Å². The Bertz CT molecular complexity index is 2300. The molecule has 10 nitrogen and oxygen atoms in total. The van der Waals surface area contributed by atoms with E-state index in [1.165, 1.54) is 33.9 Å². The predicted octanol–water partition coefficient (Wildman–Crippen LogP) is 7.20. The van der Waals surface area contributed by atoms with Gasteiger partial charge in [0, 0.05) is 60.4 Å². The van der Waals surface area contributed by atoms with E-state index in [-0.39, 0.29) is 40.7 Å². The third kappa shape index (κ3) is 7.72. The third-order valence-electron chi connectivity index (χ3n) is 12.2. The zero-order valence-corrected chi connectivity index (χ0v) is 34.3. The Morgan fingerprint density at radius 1 is 0.845 bits per heavy atom. The van der Waals surface area contributed by atoms with Gasteiger partial charge in [0.2, 0.25) is 23.4 Å². The monoisotopic (exact) mass is 780 g/mol. The summed E-state index contributed by atoms with van der Waals surface area (Å²) < 4.78 is 2.29. The van der Waals surface area contributed by atoms with Crippen LogP contribution in [0.4, 0.5) is 11.4 Å². The number of benzene rings is 3. The topological polar surface area (TPSA) is 119 Å². The van der Waals surface area contributed by atoms with E-state index in [2.05, 4.69) is 134 Å². The first-order chi connectivity index (χ1) is 27.8.